The molecule has 1 amide bonds. The number of pyridine rings is 1. The third kappa shape index (κ3) is 3.42. The lowest BCUT2D eigenvalue weighted by atomic mass is 10.0. The maximum Gasteiger partial charge on any atom is 0.347 e. The molecule has 0 bridgehead atoms. The topological polar surface area (TPSA) is 90.1 Å². The van der Waals surface area contributed by atoms with Crippen LogP contribution in [0.2, 0.25) is 0 Å². The summed E-state index contributed by atoms with van der Waals surface area (Å²) in [6, 6.07) is -0.558. The van der Waals surface area contributed by atoms with E-state index in [1.54, 1.807) is 0 Å². The third-order valence-electron chi connectivity index (χ3n) is 5.03. The Balaban J connectivity index is 1.68. The Kier molecular flexibility index (Phi) is 4.50. The van der Waals surface area contributed by atoms with E-state index in [4.69, 9.17) is 0 Å². The summed E-state index contributed by atoms with van der Waals surface area (Å²) in [5, 5.41) is 3.88. The number of hydrogen-bond acceptors (Lipinski definition) is 5. The Morgan fingerprint density at radius 3 is 2.69 bits per heavy atom. The van der Waals surface area contributed by atoms with E-state index in [2.05, 4.69) is 10.1 Å². The van der Waals surface area contributed by atoms with Crippen LogP contribution in [0.5, 0.6) is 0 Å². The highest BCUT2D eigenvalue weighted by Gasteiger charge is 2.44. The van der Waals surface area contributed by atoms with Crippen molar-refractivity contribution in [3.8, 4) is 0 Å². The van der Waals surface area contributed by atoms with Gasteiger partial charge < -0.3 is 4.90 Å². The molecule has 154 valence electrons. The van der Waals surface area contributed by atoms with E-state index >= 15 is 0 Å². The van der Waals surface area contributed by atoms with Crippen LogP contribution in [0.1, 0.15) is 41.6 Å². The minimum Gasteiger partial charge on any atom is -0.335 e. The fourth-order valence-corrected chi connectivity index (χ4v) is 3.57. The van der Waals surface area contributed by atoms with Gasteiger partial charge in [0.1, 0.15) is 17.7 Å². The number of carbonyl (C=O) groups excluding carboxylic acids is 2. The molecule has 1 saturated heterocycles. The standard InChI is InChI=1S/C17H15F4N5O3/c18-9-5-10(19)11(22-6-9)7-25-16(29)26-12(1-2-13(27)14(26)23-25)15(28)24-4-3-17(20,21)8-24/h5-6,12H,1-4,7-8H2. The molecule has 0 aliphatic carbocycles. The second-order valence-corrected chi connectivity index (χ2v) is 7.06. The molecule has 4 rings (SSSR count). The van der Waals surface area contributed by atoms with Gasteiger partial charge in [-0.15, -0.1) is 5.10 Å². The summed E-state index contributed by atoms with van der Waals surface area (Å²) in [5.41, 5.74) is -1.15. The molecule has 0 saturated carbocycles. The van der Waals surface area contributed by atoms with Gasteiger partial charge in [-0.3, -0.25) is 19.1 Å². The number of carbonyl (C=O) groups is 2. The molecule has 0 aromatic carbocycles. The highest BCUT2D eigenvalue weighted by Crippen LogP contribution is 2.31. The quantitative estimate of drug-likeness (QED) is 0.705. The molecule has 2 aromatic heterocycles. The summed E-state index contributed by atoms with van der Waals surface area (Å²) < 4.78 is 55.4. The first-order valence-corrected chi connectivity index (χ1v) is 8.85. The minimum atomic E-state index is -3.00. The second kappa shape index (κ2) is 6.78. The predicted molar refractivity (Wildman–Crippen MR) is 88.5 cm³/mol. The Bertz CT molecular complexity index is 1060. The fourth-order valence-electron chi connectivity index (χ4n) is 3.57. The maximum absolute atomic E-state index is 13.9. The van der Waals surface area contributed by atoms with E-state index < -0.39 is 60.5 Å². The summed E-state index contributed by atoms with van der Waals surface area (Å²) in [6.07, 6.45) is 0.188. The third-order valence-corrected chi connectivity index (χ3v) is 5.03. The molecule has 2 aliphatic rings. The van der Waals surface area contributed by atoms with Crippen LogP contribution in [-0.2, 0) is 11.3 Å². The van der Waals surface area contributed by atoms with Crippen LogP contribution < -0.4 is 5.69 Å². The Morgan fingerprint density at radius 2 is 2.03 bits per heavy atom. The van der Waals surface area contributed by atoms with E-state index in [1.165, 1.54) is 0 Å². The largest absolute Gasteiger partial charge is 0.347 e. The molecule has 1 atom stereocenters. The number of Topliss-reactive ketones (excluding diaryl/α,β-unsaturated/α-hetero) is 1. The number of amides is 1. The summed E-state index contributed by atoms with van der Waals surface area (Å²) in [4.78, 5) is 42.2. The van der Waals surface area contributed by atoms with Crippen LogP contribution in [0.4, 0.5) is 17.6 Å². The van der Waals surface area contributed by atoms with Gasteiger partial charge in [0, 0.05) is 25.5 Å². The van der Waals surface area contributed by atoms with Crippen molar-refractivity contribution in [3.63, 3.8) is 0 Å². The molecular weight excluding hydrogens is 398 g/mol. The van der Waals surface area contributed by atoms with Crippen molar-refractivity contribution in [1.82, 2.24) is 24.2 Å². The number of hydrogen-bond donors (Lipinski definition) is 0. The van der Waals surface area contributed by atoms with Crippen LogP contribution in [0.25, 0.3) is 0 Å². The van der Waals surface area contributed by atoms with Gasteiger partial charge in [-0.1, -0.05) is 0 Å². The highest BCUT2D eigenvalue weighted by molar-refractivity contribution is 5.95. The highest BCUT2D eigenvalue weighted by atomic mass is 19.3. The number of nitrogens with zero attached hydrogens (tertiary/aromatic N) is 5. The van der Waals surface area contributed by atoms with E-state index in [1.807, 2.05) is 0 Å². The van der Waals surface area contributed by atoms with Gasteiger partial charge in [0.05, 0.1) is 25.0 Å². The van der Waals surface area contributed by atoms with E-state index in [0.717, 1.165) is 20.3 Å². The molecule has 29 heavy (non-hydrogen) atoms. The van der Waals surface area contributed by atoms with Gasteiger partial charge in [-0.25, -0.2) is 27.0 Å². The molecule has 1 fully saturated rings. The number of ketones is 1. The average molecular weight is 413 g/mol. The Labute approximate surface area is 160 Å². The zero-order valence-corrected chi connectivity index (χ0v) is 14.9. The monoisotopic (exact) mass is 413 g/mol. The summed E-state index contributed by atoms with van der Waals surface area (Å²) >= 11 is 0. The lowest BCUT2D eigenvalue weighted by molar-refractivity contribution is -0.135. The van der Waals surface area contributed by atoms with Gasteiger partial charge in [0.25, 0.3) is 5.92 Å². The predicted octanol–water partition coefficient (Wildman–Crippen LogP) is 1.15. The molecule has 8 nitrogen and oxygen atoms in total. The first-order chi connectivity index (χ1) is 13.7. The minimum absolute atomic E-state index is 0.0263. The number of rotatable bonds is 3. The number of fused-ring (bicyclic) bond motifs is 1. The van der Waals surface area contributed by atoms with Crippen LogP contribution in [0.15, 0.2) is 17.1 Å². The molecule has 2 aromatic rings. The number of likely N-dealkylation sites (tertiary alicyclic amines) is 1. The van der Waals surface area contributed by atoms with Crippen molar-refractivity contribution in [2.75, 3.05) is 13.1 Å². The molecule has 2 aliphatic heterocycles. The first-order valence-electron chi connectivity index (χ1n) is 8.85. The molecule has 0 spiro atoms. The van der Waals surface area contributed by atoms with Crippen LogP contribution in [0, 0.1) is 11.6 Å². The van der Waals surface area contributed by atoms with Crippen molar-refractivity contribution in [3.05, 3.63) is 45.9 Å². The molecule has 12 heteroatoms. The van der Waals surface area contributed by atoms with Crippen molar-refractivity contribution in [2.45, 2.75) is 37.8 Å². The lowest BCUT2D eigenvalue weighted by Crippen LogP contribution is -2.43. The van der Waals surface area contributed by atoms with Gasteiger partial charge >= 0.3 is 5.69 Å². The SMILES string of the molecule is O=C1CCC(C(=O)N2CCC(F)(F)C2)n2c1nn(Cc1ncc(F)cc1F)c2=O. The summed E-state index contributed by atoms with van der Waals surface area (Å²) in [5.74, 6) is -6.38. The zero-order chi connectivity index (χ0) is 20.9. The second-order valence-electron chi connectivity index (χ2n) is 7.06. The van der Waals surface area contributed by atoms with Crippen LogP contribution in [-0.4, -0.2) is 54.9 Å². The lowest BCUT2D eigenvalue weighted by Gasteiger charge is -2.26. The normalized spacial score (nSPS) is 20.8. The Hall–Kier alpha value is -3.05. The van der Waals surface area contributed by atoms with E-state index in [0.29, 0.717) is 6.07 Å². The molecular formula is C17H15F4N5O3. The van der Waals surface area contributed by atoms with Crippen LogP contribution >= 0.6 is 0 Å². The summed E-state index contributed by atoms with van der Waals surface area (Å²) in [6.45, 7) is -1.39. The van der Waals surface area contributed by atoms with Gasteiger partial charge in [0.15, 0.2) is 5.78 Å². The summed E-state index contributed by atoms with van der Waals surface area (Å²) in [7, 11) is 0. The van der Waals surface area contributed by atoms with Crippen molar-refractivity contribution in [2.24, 2.45) is 0 Å². The molecule has 0 N–H and O–H groups in total. The average Bonchev–Trinajstić information content (AvgIpc) is 3.18. The van der Waals surface area contributed by atoms with Gasteiger partial charge in [-0.05, 0) is 6.42 Å². The van der Waals surface area contributed by atoms with Crippen LogP contribution in [0.3, 0.4) is 0 Å². The zero-order valence-electron chi connectivity index (χ0n) is 14.9. The maximum atomic E-state index is 13.9. The van der Waals surface area contributed by atoms with Crippen molar-refractivity contribution < 1.29 is 27.2 Å². The number of aromatic nitrogens is 4. The van der Waals surface area contributed by atoms with Gasteiger partial charge in [-0.2, -0.15) is 0 Å². The van der Waals surface area contributed by atoms with E-state index in [-0.39, 0.29) is 30.9 Å². The first kappa shape index (κ1) is 19.3. The fraction of sp³-hybridized carbons (Fsp3) is 0.471. The Morgan fingerprint density at radius 1 is 1.28 bits per heavy atom. The number of alkyl halides is 2. The van der Waals surface area contributed by atoms with Crippen molar-refractivity contribution >= 4 is 11.7 Å². The molecule has 4 heterocycles. The van der Waals surface area contributed by atoms with Crippen molar-refractivity contribution in [1.29, 1.82) is 0 Å². The molecule has 1 unspecified atom stereocenters. The van der Waals surface area contributed by atoms with E-state index in [9.17, 15) is 31.9 Å². The van der Waals surface area contributed by atoms with Gasteiger partial charge in [0.2, 0.25) is 11.7 Å². The molecule has 0 radical (unpaired) electrons. The number of halogens is 4. The smallest absolute Gasteiger partial charge is 0.335 e.